The highest BCUT2D eigenvalue weighted by Crippen LogP contribution is 2.30. The fourth-order valence-corrected chi connectivity index (χ4v) is 2.81. The van der Waals surface area contributed by atoms with Crippen molar-refractivity contribution < 1.29 is 23.6 Å². The molecule has 8 heteroatoms. The number of anilines is 1. The van der Waals surface area contributed by atoms with Crippen molar-refractivity contribution in [2.24, 2.45) is 0 Å². The molecule has 30 heavy (non-hydrogen) atoms. The predicted octanol–water partition coefficient (Wildman–Crippen LogP) is 4.81. The van der Waals surface area contributed by atoms with Crippen molar-refractivity contribution in [3.05, 3.63) is 64.2 Å². The number of carbonyl (C=O) groups is 2. The van der Waals surface area contributed by atoms with Crippen molar-refractivity contribution in [3.63, 3.8) is 0 Å². The average molecular weight is 429 g/mol. The Bertz CT molecular complexity index is 1060. The van der Waals surface area contributed by atoms with Crippen molar-refractivity contribution in [1.82, 2.24) is 5.16 Å². The molecular weight excluding hydrogens is 408 g/mol. The summed E-state index contributed by atoms with van der Waals surface area (Å²) in [6.07, 6.45) is 0. The summed E-state index contributed by atoms with van der Waals surface area (Å²) in [4.78, 5) is 24.9. The van der Waals surface area contributed by atoms with Gasteiger partial charge >= 0.3 is 5.97 Å². The highest BCUT2D eigenvalue weighted by atomic mass is 35.5. The molecule has 7 nitrogen and oxygen atoms in total. The lowest BCUT2D eigenvalue weighted by Gasteiger charge is -2.09. The van der Waals surface area contributed by atoms with Crippen molar-refractivity contribution in [2.45, 2.75) is 20.8 Å². The molecular formula is C22H21ClN2O5. The summed E-state index contributed by atoms with van der Waals surface area (Å²) in [7, 11) is 0. The van der Waals surface area contributed by atoms with Gasteiger partial charge in [0.25, 0.3) is 5.91 Å². The van der Waals surface area contributed by atoms with Gasteiger partial charge in [0, 0.05) is 10.6 Å². The Morgan fingerprint density at radius 1 is 1.10 bits per heavy atom. The van der Waals surface area contributed by atoms with E-state index in [4.69, 9.17) is 25.6 Å². The molecule has 1 N–H and O–H groups in total. The van der Waals surface area contributed by atoms with Crippen LogP contribution in [0.15, 0.2) is 47.0 Å². The number of amides is 1. The Morgan fingerprint density at radius 3 is 2.50 bits per heavy atom. The van der Waals surface area contributed by atoms with Crippen LogP contribution in [0, 0.1) is 13.8 Å². The van der Waals surface area contributed by atoms with E-state index in [1.54, 1.807) is 37.3 Å². The highest BCUT2D eigenvalue weighted by Gasteiger charge is 2.26. The second-order valence-electron chi connectivity index (χ2n) is 6.55. The van der Waals surface area contributed by atoms with Gasteiger partial charge in [-0.15, -0.1) is 0 Å². The molecule has 0 saturated heterocycles. The predicted molar refractivity (Wildman–Crippen MR) is 113 cm³/mol. The highest BCUT2D eigenvalue weighted by molar-refractivity contribution is 6.30. The maximum atomic E-state index is 12.5. The van der Waals surface area contributed by atoms with Crippen LogP contribution in [-0.2, 0) is 9.53 Å². The fourth-order valence-electron chi connectivity index (χ4n) is 2.69. The van der Waals surface area contributed by atoms with Gasteiger partial charge in [-0.25, -0.2) is 4.79 Å². The standard InChI is InChI=1S/C22H21ClN2O5/c1-4-28-22(27)19-20(15-6-8-16(23)9-7-15)25-30-21(19)24-18(26)12-29-17-10-5-13(2)14(3)11-17/h5-11H,4,12H2,1-3H3,(H,24,26). The van der Waals surface area contributed by atoms with Gasteiger partial charge in [0.2, 0.25) is 5.88 Å². The van der Waals surface area contributed by atoms with Crippen LogP contribution >= 0.6 is 11.6 Å². The SMILES string of the molecule is CCOC(=O)c1c(-c2ccc(Cl)cc2)noc1NC(=O)COc1ccc(C)c(C)c1. The van der Waals surface area contributed by atoms with Gasteiger partial charge in [0.1, 0.15) is 11.4 Å². The molecule has 1 aromatic heterocycles. The molecule has 0 spiro atoms. The number of aryl methyl sites for hydroxylation is 2. The van der Waals surface area contributed by atoms with Crippen LogP contribution in [0.3, 0.4) is 0 Å². The van der Waals surface area contributed by atoms with Crippen LogP contribution in [0.1, 0.15) is 28.4 Å². The molecule has 0 atom stereocenters. The van der Waals surface area contributed by atoms with Gasteiger partial charge in [-0.3, -0.25) is 10.1 Å². The Hall–Kier alpha value is -3.32. The van der Waals surface area contributed by atoms with E-state index in [2.05, 4.69) is 10.5 Å². The molecule has 2 aromatic carbocycles. The molecule has 3 aromatic rings. The summed E-state index contributed by atoms with van der Waals surface area (Å²) in [6, 6.07) is 12.3. The van der Waals surface area contributed by atoms with Gasteiger partial charge < -0.3 is 14.0 Å². The summed E-state index contributed by atoms with van der Waals surface area (Å²) in [5.41, 5.74) is 3.05. The van der Waals surface area contributed by atoms with Gasteiger partial charge in [-0.1, -0.05) is 35.0 Å². The third-order valence-electron chi connectivity index (χ3n) is 4.39. The summed E-state index contributed by atoms with van der Waals surface area (Å²) < 4.78 is 15.9. The van der Waals surface area contributed by atoms with Gasteiger partial charge in [-0.05, 0) is 56.2 Å². The largest absolute Gasteiger partial charge is 0.484 e. The number of ether oxygens (including phenoxy) is 2. The van der Waals surface area contributed by atoms with Crippen molar-refractivity contribution >= 4 is 29.4 Å². The molecule has 156 valence electrons. The Labute approximate surface area is 178 Å². The minimum Gasteiger partial charge on any atom is -0.484 e. The molecule has 0 bridgehead atoms. The van der Waals surface area contributed by atoms with Crippen molar-refractivity contribution in [2.75, 3.05) is 18.5 Å². The summed E-state index contributed by atoms with van der Waals surface area (Å²) >= 11 is 5.92. The Kier molecular flexibility index (Phi) is 6.74. The van der Waals surface area contributed by atoms with Gasteiger partial charge in [0.15, 0.2) is 12.2 Å². The lowest BCUT2D eigenvalue weighted by molar-refractivity contribution is -0.118. The van der Waals surface area contributed by atoms with Crippen LogP contribution in [-0.4, -0.2) is 30.2 Å². The first-order valence-corrected chi connectivity index (χ1v) is 9.69. The topological polar surface area (TPSA) is 90.7 Å². The molecule has 0 aliphatic heterocycles. The van der Waals surface area contributed by atoms with Crippen LogP contribution in [0.2, 0.25) is 5.02 Å². The van der Waals surface area contributed by atoms with Crippen LogP contribution in [0.25, 0.3) is 11.3 Å². The minimum absolute atomic E-state index is 0.0266. The van der Waals surface area contributed by atoms with Crippen LogP contribution in [0.5, 0.6) is 5.75 Å². The number of hydrogen-bond acceptors (Lipinski definition) is 6. The fraction of sp³-hybridized carbons (Fsp3) is 0.227. The minimum atomic E-state index is -0.658. The maximum Gasteiger partial charge on any atom is 0.346 e. The summed E-state index contributed by atoms with van der Waals surface area (Å²) in [6.45, 7) is 5.53. The van der Waals surface area contributed by atoms with E-state index in [0.717, 1.165) is 11.1 Å². The molecule has 0 radical (unpaired) electrons. The van der Waals surface area contributed by atoms with E-state index in [1.165, 1.54) is 0 Å². The van der Waals surface area contributed by atoms with Crippen molar-refractivity contribution in [3.8, 4) is 17.0 Å². The summed E-state index contributed by atoms with van der Waals surface area (Å²) in [5.74, 6) is -0.697. The molecule has 0 fully saturated rings. The monoisotopic (exact) mass is 428 g/mol. The van der Waals surface area contributed by atoms with E-state index in [-0.39, 0.29) is 30.4 Å². The lowest BCUT2D eigenvalue weighted by atomic mass is 10.1. The third-order valence-corrected chi connectivity index (χ3v) is 4.64. The van der Waals surface area contributed by atoms with Crippen LogP contribution < -0.4 is 10.1 Å². The smallest absolute Gasteiger partial charge is 0.346 e. The zero-order valence-electron chi connectivity index (χ0n) is 16.8. The second kappa shape index (κ2) is 9.45. The lowest BCUT2D eigenvalue weighted by Crippen LogP contribution is -2.21. The maximum absolute atomic E-state index is 12.5. The third kappa shape index (κ3) is 4.99. The van der Waals surface area contributed by atoms with Crippen LogP contribution in [0.4, 0.5) is 5.88 Å². The zero-order valence-corrected chi connectivity index (χ0v) is 17.6. The Morgan fingerprint density at radius 2 is 1.83 bits per heavy atom. The molecule has 0 saturated carbocycles. The first kappa shape index (κ1) is 21.4. The number of nitrogens with one attached hydrogen (secondary N) is 1. The number of benzene rings is 2. The zero-order chi connectivity index (χ0) is 21.7. The molecule has 0 unspecified atom stereocenters. The number of hydrogen-bond donors (Lipinski definition) is 1. The number of esters is 1. The molecule has 1 amide bonds. The summed E-state index contributed by atoms with van der Waals surface area (Å²) in [5, 5.41) is 7.00. The number of aromatic nitrogens is 1. The number of halogens is 1. The number of rotatable bonds is 7. The van der Waals surface area contributed by atoms with Gasteiger partial charge in [0.05, 0.1) is 6.61 Å². The molecule has 0 aliphatic rings. The van der Waals surface area contributed by atoms with E-state index >= 15 is 0 Å². The quantitative estimate of drug-likeness (QED) is 0.543. The number of nitrogens with zero attached hydrogens (tertiary/aromatic N) is 1. The first-order chi connectivity index (χ1) is 14.4. The second-order valence-corrected chi connectivity index (χ2v) is 6.98. The molecule has 3 rings (SSSR count). The van der Waals surface area contributed by atoms with Gasteiger partial charge in [-0.2, -0.15) is 0 Å². The average Bonchev–Trinajstić information content (AvgIpc) is 3.13. The molecule has 1 heterocycles. The van der Waals surface area contributed by atoms with Crippen molar-refractivity contribution in [1.29, 1.82) is 0 Å². The van der Waals surface area contributed by atoms with E-state index in [1.807, 2.05) is 26.0 Å². The van der Waals surface area contributed by atoms with E-state index in [9.17, 15) is 9.59 Å². The Balaban J connectivity index is 1.78. The van der Waals surface area contributed by atoms with E-state index in [0.29, 0.717) is 16.3 Å². The first-order valence-electron chi connectivity index (χ1n) is 9.31. The number of carbonyl (C=O) groups excluding carboxylic acids is 2. The van der Waals surface area contributed by atoms with E-state index < -0.39 is 11.9 Å². The molecule has 0 aliphatic carbocycles. The normalized spacial score (nSPS) is 10.5.